The predicted octanol–water partition coefficient (Wildman–Crippen LogP) is 0.292. The van der Waals surface area contributed by atoms with Crippen molar-refractivity contribution >= 4 is 17.6 Å². The minimum Gasteiger partial charge on any atom is -0.368 e. The highest BCUT2D eigenvalue weighted by Crippen LogP contribution is 2.02. The van der Waals surface area contributed by atoms with Gasteiger partial charge in [-0.25, -0.2) is 0 Å². The van der Waals surface area contributed by atoms with Gasteiger partial charge in [-0.2, -0.15) is 0 Å². The van der Waals surface area contributed by atoms with Crippen molar-refractivity contribution in [3.63, 3.8) is 0 Å². The van der Waals surface area contributed by atoms with Crippen LogP contribution in [-0.2, 0) is 4.79 Å². The Kier molecular flexibility index (Phi) is 4.80. The van der Waals surface area contributed by atoms with Crippen molar-refractivity contribution in [1.29, 1.82) is 0 Å². The zero-order valence-electron chi connectivity index (χ0n) is 11.4. The molecule has 19 heavy (non-hydrogen) atoms. The number of anilines is 1. The summed E-state index contributed by atoms with van der Waals surface area (Å²) in [7, 11) is 0. The summed E-state index contributed by atoms with van der Waals surface area (Å²) < 4.78 is 0. The fourth-order valence-electron chi connectivity index (χ4n) is 1.34. The van der Waals surface area contributed by atoms with Gasteiger partial charge in [0.05, 0.1) is 0 Å². The fraction of sp³-hybridized carbons (Fsp3) is 0.500. The molecule has 0 aromatic carbocycles. The van der Waals surface area contributed by atoms with E-state index in [1.807, 2.05) is 20.8 Å². The molecule has 0 spiro atoms. The first-order chi connectivity index (χ1) is 8.78. The number of amides is 2. The van der Waals surface area contributed by atoms with Gasteiger partial charge in [0.2, 0.25) is 5.91 Å². The Labute approximate surface area is 112 Å². The second-order valence-electron chi connectivity index (χ2n) is 5.14. The maximum atomic E-state index is 11.5. The molecular formula is C12H19N5O2. The van der Waals surface area contributed by atoms with E-state index >= 15 is 0 Å². The minimum absolute atomic E-state index is 0.0401. The molecule has 1 rings (SSSR count). The Morgan fingerprint density at radius 3 is 2.42 bits per heavy atom. The number of hydrogen-bond acceptors (Lipinski definition) is 5. The van der Waals surface area contributed by atoms with Crippen molar-refractivity contribution in [2.24, 2.45) is 5.73 Å². The van der Waals surface area contributed by atoms with E-state index in [9.17, 15) is 9.59 Å². The summed E-state index contributed by atoms with van der Waals surface area (Å²) in [6.45, 7) is 6.21. The van der Waals surface area contributed by atoms with E-state index in [0.717, 1.165) is 0 Å². The number of aromatic nitrogens is 2. The molecule has 0 unspecified atom stereocenters. The maximum absolute atomic E-state index is 11.5. The van der Waals surface area contributed by atoms with Crippen molar-refractivity contribution in [3.8, 4) is 0 Å². The molecule has 1 aromatic rings. The largest absolute Gasteiger partial charge is 0.368 e. The van der Waals surface area contributed by atoms with E-state index in [1.165, 1.54) is 6.07 Å². The molecule has 0 aliphatic carbocycles. The summed E-state index contributed by atoms with van der Waals surface area (Å²) in [4.78, 5) is 22.3. The van der Waals surface area contributed by atoms with Crippen molar-refractivity contribution in [2.45, 2.75) is 32.7 Å². The minimum atomic E-state index is -0.622. The van der Waals surface area contributed by atoms with Gasteiger partial charge >= 0.3 is 0 Å². The first-order valence-electron chi connectivity index (χ1n) is 5.96. The van der Waals surface area contributed by atoms with Gasteiger partial charge in [-0.3, -0.25) is 9.59 Å². The van der Waals surface area contributed by atoms with Gasteiger partial charge in [0, 0.05) is 18.5 Å². The number of rotatable bonds is 5. The first kappa shape index (κ1) is 14.9. The van der Waals surface area contributed by atoms with Gasteiger partial charge in [0.1, 0.15) is 5.82 Å². The van der Waals surface area contributed by atoms with Gasteiger partial charge in [-0.15, -0.1) is 10.2 Å². The summed E-state index contributed by atoms with van der Waals surface area (Å²) in [6.07, 6.45) is 0.330. The van der Waals surface area contributed by atoms with Gasteiger partial charge in [-0.1, -0.05) is 0 Å². The number of nitrogens with one attached hydrogen (secondary N) is 2. The summed E-state index contributed by atoms with van der Waals surface area (Å²) in [6, 6.07) is 3.07. The van der Waals surface area contributed by atoms with Crippen LogP contribution >= 0.6 is 0 Å². The molecule has 4 N–H and O–H groups in total. The lowest BCUT2D eigenvalue weighted by atomic mass is 10.1. The van der Waals surface area contributed by atoms with E-state index < -0.39 is 5.91 Å². The Hall–Kier alpha value is -2.18. The van der Waals surface area contributed by atoms with Crippen LogP contribution in [-0.4, -0.2) is 34.1 Å². The highest BCUT2D eigenvalue weighted by molar-refractivity contribution is 5.90. The van der Waals surface area contributed by atoms with E-state index in [1.54, 1.807) is 6.07 Å². The smallest absolute Gasteiger partial charge is 0.269 e. The van der Waals surface area contributed by atoms with Crippen LogP contribution in [0.1, 0.15) is 37.7 Å². The molecule has 0 bridgehead atoms. The molecule has 1 heterocycles. The predicted molar refractivity (Wildman–Crippen MR) is 71.6 cm³/mol. The van der Waals surface area contributed by atoms with Crippen molar-refractivity contribution in [1.82, 2.24) is 15.5 Å². The molecule has 0 saturated carbocycles. The highest BCUT2D eigenvalue weighted by atomic mass is 16.2. The highest BCUT2D eigenvalue weighted by Gasteiger charge is 2.13. The molecule has 0 saturated heterocycles. The van der Waals surface area contributed by atoms with Crippen LogP contribution in [0.25, 0.3) is 0 Å². The van der Waals surface area contributed by atoms with E-state index in [-0.39, 0.29) is 17.1 Å². The molecule has 0 atom stereocenters. The van der Waals surface area contributed by atoms with Gasteiger partial charge < -0.3 is 16.4 Å². The summed E-state index contributed by atoms with van der Waals surface area (Å²) in [5.74, 6) is -0.168. The van der Waals surface area contributed by atoms with E-state index in [4.69, 9.17) is 5.73 Å². The Balaban J connectivity index is 2.37. The standard InChI is InChI=1S/C12H19N5O2/c1-12(2,3)15-10(18)6-7-14-9-5-4-8(11(13)19)16-17-9/h4-5H,6-7H2,1-3H3,(H2,13,19)(H,14,17)(H,15,18). The Morgan fingerprint density at radius 2 is 1.95 bits per heavy atom. The maximum Gasteiger partial charge on any atom is 0.269 e. The Morgan fingerprint density at radius 1 is 1.26 bits per heavy atom. The van der Waals surface area contributed by atoms with Gasteiger partial charge in [-0.05, 0) is 32.9 Å². The van der Waals surface area contributed by atoms with Crippen LogP contribution in [0.2, 0.25) is 0 Å². The number of nitrogens with zero attached hydrogens (tertiary/aromatic N) is 2. The monoisotopic (exact) mass is 265 g/mol. The molecule has 1 aromatic heterocycles. The van der Waals surface area contributed by atoms with E-state index in [2.05, 4.69) is 20.8 Å². The molecule has 2 amide bonds. The normalized spacial score (nSPS) is 10.9. The van der Waals surface area contributed by atoms with E-state index in [0.29, 0.717) is 18.8 Å². The molecule has 0 fully saturated rings. The first-order valence-corrected chi connectivity index (χ1v) is 5.96. The molecule has 0 radical (unpaired) electrons. The number of hydrogen-bond donors (Lipinski definition) is 3. The number of nitrogens with two attached hydrogens (primary N) is 1. The van der Waals surface area contributed by atoms with Crippen molar-refractivity contribution < 1.29 is 9.59 Å². The topological polar surface area (TPSA) is 110 Å². The van der Waals surface area contributed by atoms with Crippen LogP contribution in [0.5, 0.6) is 0 Å². The molecule has 0 aliphatic rings. The molecule has 7 nitrogen and oxygen atoms in total. The zero-order chi connectivity index (χ0) is 14.5. The SMILES string of the molecule is CC(C)(C)NC(=O)CCNc1ccc(C(N)=O)nn1. The number of carbonyl (C=O) groups excluding carboxylic acids is 2. The third-order valence-electron chi connectivity index (χ3n) is 2.09. The lowest BCUT2D eigenvalue weighted by Crippen LogP contribution is -2.41. The molecule has 104 valence electrons. The third-order valence-corrected chi connectivity index (χ3v) is 2.09. The zero-order valence-corrected chi connectivity index (χ0v) is 11.4. The van der Waals surface area contributed by atoms with Crippen molar-refractivity contribution in [3.05, 3.63) is 17.8 Å². The number of primary amides is 1. The van der Waals surface area contributed by atoms with Gasteiger partial charge in [0.25, 0.3) is 5.91 Å². The van der Waals surface area contributed by atoms with Crippen LogP contribution < -0.4 is 16.4 Å². The van der Waals surface area contributed by atoms with Gasteiger partial charge in [0.15, 0.2) is 5.69 Å². The van der Waals surface area contributed by atoms with Crippen LogP contribution in [0.15, 0.2) is 12.1 Å². The summed E-state index contributed by atoms with van der Waals surface area (Å²) >= 11 is 0. The van der Waals surface area contributed by atoms with Crippen LogP contribution in [0, 0.1) is 0 Å². The average molecular weight is 265 g/mol. The molecular weight excluding hydrogens is 246 g/mol. The summed E-state index contributed by atoms with van der Waals surface area (Å²) in [5, 5.41) is 13.2. The van der Waals surface area contributed by atoms with Crippen LogP contribution in [0.3, 0.4) is 0 Å². The molecule has 0 aliphatic heterocycles. The second-order valence-corrected chi connectivity index (χ2v) is 5.14. The fourth-order valence-corrected chi connectivity index (χ4v) is 1.34. The summed E-state index contributed by atoms with van der Waals surface area (Å²) in [5.41, 5.74) is 4.92. The quantitative estimate of drug-likeness (QED) is 0.709. The lowest BCUT2D eigenvalue weighted by molar-refractivity contribution is -0.122. The lowest BCUT2D eigenvalue weighted by Gasteiger charge is -2.20. The second kappa shape index (κ2) is 6.12. The number of carbonyl (C=O) groups is 2. The molecule has 7 heteroatoms. The third kappa shape index (κ3) is 5.80. The van der Waals surface area contributed by atoms with Crippen molar-refractivity contribution in [2.75, 3.05) is 11.9 Å². The van der Waals surface area contributed by atoms with Crippen LogP contribution in [0.4, 0.5) is 5.82 Å². The average Bonchev–Trinajstić information content (AvgIpc) is 2.27. The Bertz CT molecular complexity index is 450.